The molecule has 9 heteroatoms. The van der Waals surface area contributed by atoms with Crippen LogP contribution in [-0.2, 0) is 17.9 Å². The molecule has 2 heterocycles. The van der Waals surface area contributed by atoms with Crippen molar-refractivity contribution in [3.63, 3.8) is 0 Å². The summed E-state index contributed by atoms with van der Waals surface area (Å²) in [6.07, 6.45) is 2.34. The van der Waals surface area contributed by atoms with Gasteiger partial charge in [-0.3, -0.25) is 9.59 Å². The Kier molecular flexibility index (Phi) is 5.21. The Morgan fingerprint density at radius 2 is 1.93 bits per heavy atom. The van der Waals surface area contributed by atoms with Crippen molar-refractivity contribution < 1.29 is 14.3 Å². The van der Waals surface area contributed by atoms with Crippen LogP contribution in [0, 0.1) is 5.92 Å². The van der Waals surface area contributed by atoms with Gasteiger partial charge in [-0.2, -0.15) is 0 Å². The van der Waals surface area contributed by atoms with Crippen LogP contribution in [0.3, 0.4) is 0 Å². The Bertz CT molecular complexity index is 921. The normalized spacial score (nSPS) is 16.3. The summed E-state index contributed by atoms with van der Waals surface area (Å²) >= 11 is 5.90. The first-order valence-corrected chi connectivity index (χ1v) is 10.2. The molecule has 0 atom stereocenters. The summed E-state index contributed by atoms with van der Waals surface area (Å²) in [5.41, 5.74) is -1.06. The number of carbonyl (C=O) groups excluding carboxylic acids is 2. The topological polar surface area (TPSA) is 89.3 Å². The van der Waals surface area contributed by atoms with Crippen molar-refractivity contribution in [1.82, 2.24) is 25.0 Å². The first-order valence-electron chi connectivity index (χ1n) is 9.78. The maximum Gasteiger partial charge on any atom is 0.289 e. The van der Waals surface area contributed by atoms with E-state index in [1.165, 1.54) is 12.8 Å². The molecule has 1 aromatic heterocycles. The third kappa shape index (κ3) is 4.37. The first-order chi connectivity index (χ1) is 13.8. The van der Waals surface area contributed by atoms with Gasteiger partial charge in [-0.25, -0.2) is 0 Å². The molecule has 0 radical (unpaired) electrons. The molecule has 1 aliphatic carbocycles. The Morgan fingerprint density at radius 3 is 2.62 bits per heavy atom. The molecule has 2 aromatic rings. The number of amides is 2. The molecule has 2 amide bonds. The highest BCUT2D eigenvalue weighted by Gasteiger charge is 2.37. The van der Waals surface area contributed by atoms with Gasteiger partial charge in [-0.15, -0.1) is 10.2 Å². The summed E-state index contributed by atoms with van der Waals surface area (Å²) in [5.74, 6) is 1.72. The minimum Gasteiger partial charge on any atom is -0.478 e. The Hall–Kier alpha value is -2.61. The van der Waals surface area contributed by atoms with Crippen LogP contribution in [0.1, 0.15) is 43.1 Å². The third-order valence-corrected chi connectivity index (χ3v) is 5.45. The molecular weight excluding hydrogens is 394 g/mol. The van der Waals surface area contributed by atoms with Crippen LogP contribution < -0.4 is 10.1 Å². The lowest BCUT2D eigenvalue weighted by atomic mass is 10.1. The standard InChI is InChI=1S/C20H24ClN5O3/c1-20(2,29-15-7-5-14(21)6-8-15)19(28)25-9-10-26-16(12-25)23-24-17(26)18(27)22-11-13-3-4-13/h5-8,13H,3-4,9-12H2,1-2H3,(H,22,27). The number of carbonyl (C=O) groups is 2. The molecule has 1 saturated carbocycles. The van der Waals surface area contributed by atoms with Crippen LogP contribution in [0.15, 0.2) is 24.3 Å². The van der Waals surface area contributed by atoms with Crippen molar-refractivity contribution in [1.29, 1.82) is 0 Å². The number of nitrogens with zero attached hydrogens (tertiary/aromatic N) is 4. The number of halogens is 1. The molecule has 8 nitrogen and oxygen atoms in total. The average molecular weight is 418 g/mol. The van der Waals surface area contributed by atoms with E-state index < -0.39 is 5.60 Å². The molecule has 2 aliphatic rings. The number of hydrogen-bond acceptors (Lipinski definition) is 5. The van der Waals surface area contributed by atoms with Gasteiger partial charge in [0.2, 0.25) is 5.82 Å². The van der Waals surface area contributed by atoms with E-state index in [2.05, 4.69) is 15.5 Å². The molecule has 4 rings (SSSR count). The van der Waals surface area contributed by atoms with E-state index in [1.807, 2.05) is 0 Å². The lowest BCUT2D eigenvalue weighted by Crippen LogP contribution is -2.51. The summed E-state index contributed by atoms with van der Waals surface area (Å²) in [5, 5.41) is 11.7. The fraction of sp³-hybridized carbons (Fsp3) is 0.500. The molecule has 0 bridgehead atoms. The minimum absolute atomic E-state index is 0.151. The number of rotatable bonds is 6. The molecule has 1 N–H and O–H groups in total. The lowest BCUT2D eigenvalue weighted by Gasteiger charge is -2.34. The third-order valence-electron chi connectivity index (χ3n) is 5.19. The smallest absolute Gasteiger partial charge is 0.289 e. The highest BCUT2D eigenvalue weighted by Crippen LogP contribution is 2.28. The second kappa shape index (κ2) is 7.67. The van der Waals surface area contributed by atoms with Crippen molar-refractivity contribution in [3.8, 4) is 5.75 Å². The second-order valence-corrected chi connectivity index (χ2v) is 8.47. The van der Waals surface area contributed by atoms with Gasteiger partial charge >= 0.3 is 0 Å². The number of benzene rings is 1. The average Bonchev–Trinajstić information content (AvgIpc) is 3.44. The van der Waals surface area contributed by atoms with Crippen molar-refractivity contribution in [2.75, 3.05) is 13.1 Å². The van der Waals surface area contributed by atoms with Gasteiger partial charge in [-0.1, -0.05) is 11.6 Å². The van der Waals surface area contributed by atoms with Gasteiger partial charge in [0.05, 0.1) is 6.54 Å². The van der Waals surface area contributed by atoms with Crippen LogP contribution >= 0.6 is 11.6 Å². The molecule has 1 aromatic carbocycles. The summed E-state index contributed by atoms with van der Waals surface area (Å²) in [4.78, 5) is 27.1. The van der Waals surface area contributed by atoms with E-state index >= 15 is 0 Å². The molecule has 1 aliphatic heterocycles. The second-order valence-electron chi connectivity index (χ2n) is 8.04. The lowest BCUT2D eigenvalue weighted by molar-refractivity contribution is -0.147. The van der Waals surface area contributed by atoms with Crippen LogP contribution in [-0.4, -0.2) is 50.2 Å². The first kappa shape index (κ1) is 19.7. The molecule has 0 saturated heterocycles. The van der Waals surface area contributed by atoms with Gasteiger partial charge in [0.25, 0.3) is 11.8 Å². The highest BCUT2D eigenvalue weighted by molar-refractivity contribution is 6.30. The Balaban J connectivity index is 1.41. The number of aromatic nitrogens is 3. The largest absolute Gasteiger partial charge is 0.478 e. The molecule has 0 spiro atoms. The Labute approximate surface area is 174 Å². The SMILES string of the molecule is CC(C)(Oc1ccc(Cl)cc1)C(=O)N1CCn2c(nnc2C(=O)NCC2CC2)C1. The van der Waals surface area contributed by atoms with E-state index in [0.29, 0.717) is 48.0 Å². The predicted octanol–water partition coefficient (Wildman–Crippen LogP) is 2.27. The quantitative estimate of drug-likeness (QED) is 0.778. The zero-order valence-electron chi connectivity index (χ0n) is 16.5. The number of ether oxygens (including phenoxy) is 1. The van der Waals surface area contributed by atoms with Gasteiger partial charge in [0.1, 0.15) is 5.75 Å². The Morgan fingerprint density at radius 1 is 1.21 bits per heavy atom. The minimum atomic E-state index is -1.06. The maximum atomic E-state index is 13.1. The zero-order valence-corrected chi connectivity index (χ0v) is 17.3. The summed E-state index contributed by atoms with van der Waals surface area (Å²) < 4.78 is 7.70. The molecule has 0 unspecified atom stereocenters. The van der Waals surface area contributed by atoms with Crippen molar-refractivity contribution in [2.45, 2.75) is 45.4 Å². The molecule has 154 valence electrons. The van der Waals surface area contributed by atoms with Crippen LogP contribution in [0.2, 0.25) is 5.02 Å². The number of nitrogens with one attached hydrogen (secondary N) is 1. The van der Waals surface area contributed by atoms with Gasteiger partial charge in [-0.05, 0) is 56.9 Å². The van der Waals surface area contributed by atoms with Gasteiger partial charge < -0.3 is 19.5 Å². The van der Waals surface area contributed by atoms with E-state index in [0.717, 1.165) is 0 Å². The summed E-state index contributed by atoms with van der Waals surface area (Å²) in [6, 6.07) is 6.90. The number of hydrogen-bond donors (Lipinski definition) is 1. The molecular formula is C20H24ClN5O3. The van der Waals surface area contributed by atoms with E-state index in [9.17, 15) is 9.59 Å². The van der Waals surface area contributed by atoms with Crippen molar-refractivity contribution >= 4 is 23.4 Å². The van der Waals surface area contributed by atoms with Crippen LogP contribution in [0.4, 0.5) is 0 Å². The van der Waals surface area contributed by atoms with Crippen LogP contribution in [0.25, 0.3) is 0 Å². The fourth-order valence-electron chi connectivity index (χ4n) is 3.36. The van der Waals surface area contributed by atoms with E-state index in [-0.39, 0.29) is 18.4 Å². The monoisotopic (exact) mass is 417 g/mol. The van der Waals surface area contributed by atoms with Crippen molar-refractivity contribution in [2.24, 2.45) is 5.92 Å². The van der Waals surface area contributed by atoms with E-state index in [1.54, 1.807) is 47.6 Å². The van der Waals surface area contributed by atoms with E-state index in [4.69, 9.17) is 16.3 Å². The summed E-state index contributed by atoms with van der Waals surface area (Å²) in [6.45, 7) is 5.37. The van der Waals surface area contributed by atoms with Crippen molar-refractivity contribution in [3.05, 3.63) is 40.9 Å². The van der Waals surface area contributed by atoms with Gasteiger partial charge in [0.15, 0.2) is 11.4 Å². The molecule has 1 fully saturated rings. The number of fused-ring (bicyclic) bond motifs is 1. The summed E-state index contributed by atoms with van der Waals surface area (Å²) in [7, 11) is 0. The van der Waals surface area contributed by atoms with Gasteiger partial charge in [0, 0.05) is 24.7 Å². The van der Waals surface area contributed by atoms with Crippen LogP contribution in [0.5, 0.6) is 5.75 Å². The predicted molar refractivity (Wildman–Crippen MR) is 107 cm³/mol. The highest BCUT2D eigenvalue weighted by atomic mass is 35.5. The molecule has 29 heavy (non-hydrogen) atoms. The maximum absolute atomic E-state index is 13.1. The fourth-order valence-corrected chi connectivity index (χ4v) is 3.48. The zero-order chi connectivity index (χ0) is 20.6.